The molecule has 16 heavy (non-hydrogen) atoms. The van der Waals surface area contributed by atoms with E-state index in [1.807, 2.05) is 13.8 Å². The molecule has 92 valence electrons. The molecule has 0 bridgehead atoms. The van der Waals surface area contributed by atoms with Gasteiger partial charge in [-0.05, 0) is 33.7 Å². The van der Waals surface area contributed by atoms with E-state index in [1.54, 1.807) is 0 Å². The Morgan fingerprint density at radius 3 is 2.56 bits per heavy atom. The van der Waals surface area contributed by atoms with Crippen LogP contribution in [0.25, 0.3) is 0 Å². The molecule has 1 atom stereocenters. The van der Waals surface area contributed by atoms with Gasteiger partial charge < -0.3 is 15.1 Å². The van der Waals surface area contributed by atoms with Crippen molar-refractivity contribution in [3.63, 3.8) is 0 Å². The summed E-state index contributed by atoms with van der Waals surface area (Å²) in [6.07, 6.45) is 0.994. The molecule has 1 rings (SSSR count). The van der Waals surface area contributed by atoms with E-state index in [4.69, 9.17) is 4.42 Å². The first-order valence-electron chi connectivity index (χ1n) is 5.83. The minimum atomic E-state index is -0.0226. The smallest absolute Gasteiger partial charge is 0.315 e. The zero-order valence-electron chi connectivity index (χ0n) is 10.8. The van der Waals surface area contributed by atoms with Crippen LogP contribution in [0, 0.1) is 0 Å². The molecule has 0 aromatic carbocycles. The molecule has 2 N–H and O–H groups in total. The fraction of sp³-hybridized carbons (Fsp3) is 0.818. The fourth-order valence-corrected chi connectivity index (χ4v) is 1.23. The van der Waals surface area contributed by atoms with Gasteiger partial charge in [-0.2, -0.15) is 0 Å². The standard InChI is InChI=1S/C11H22N4O/c1-6-11(4,5)13-10-15-14-9(16-10)8(3)12-7-2/h8,12H,6-7H2,1-5H3,(H,13,15). The van der Waals surface area contributed by atoms with Gasteiger partial charge in [-0.3, -0.25) is 0 Å². The van der Waals surface area contributed by atoms with Gasteiger partial charge in [0, 0.05) is 5.54 Å². The van der Waals surface area contributed by atoms with Gasteiger partial charge in [-0.15, -0.1) is 5.10 Å². The number of rotatable bonds is 6. The van der Waals surface area contributed by atoms with E-state index in [9.17, 15) is 0 Å². The largest absolute Gasteiger partial charge is 0.406 e. The van der Waals surface area contributed by atoms with Crippen molar-refractivity contribution < 1.29 is 4.42 Å². The molecule has 0 amide bonds. The fourth-order valence-electron chi connectivity index (χ4n) is 1.23. The van der Waals surface area contributed by atoms with Crippen LogP contribution in [-0.4, -0.2) is 22.3 Å². The lowest BCUT2D eigenvalue weighted by Gasteiger charge is -2.22. The minimum absolute atomic E-state index is 0.0226. The molecule has 0 aliphatic rings. The van der Waals surface area contributed by atoms with E-state index in [1.165, 1.54) is 0 Å². The Labute approximate surface area is 97.0 Å². The SMILES string of the molecule is CCNC(C)c1nnc(NC(C)(C)CC)o1. The van der Waals surface area contributed by atoms with Gasteiger partial charge in [0.2, 0.25) is 5.89 Å². The van der Waals surface area contributed by atoms with Crippen LogP contribution in [-0.2, 0) is 0 Å². The summed E-state index contributed by atoms with van der Waals surface area (Å²) in [6.45, 7) is 11.3. The first kappa shape index (κ1) is 13.0. The first-order valence-corrected chi connectivity index (χ1v) is 5.83. The highest BCUT2D eigenvalue weighted by atomic mass is 16.4. The highest BCUT2D eigenvalue weighted by molar-refractivity contribution is 5.22. The number of hydrogen-bond donors (Lipinski definition) is 2. The normalized spacial score (nSPS) is 13.8. The molecule has 0 spiro atoms. The van der Waals surface area contributed by atoms with E-state index >= 15 is 0 Å². The van der Waals surface area contributed by atoms with Crippen LogP contribution in [0.2, 0.25) is 0 Å². The lowest BCUT2D eigenvalue weighted by Crippen LogP contribution is -2.29. The summed E-state index contributed by atoms with van der Waals surface area (Å²) in [6, 6.07) is 0.587. The molecule has 0 aliphatic carbocycles. The van der Waals surface area contributed by atoms with Crippen LogP contribution < -0.4 is 10.6 Å². The third-order valence-corrected chi connectivity index (χ3v) is 2.65. The van der Waals surface area contributed by atoms with Crippen LogP contribution in [0.3, 0.4) is 0 Å². The molecule has 5 nitrogen and oxygen atoms in total. The van der Waals surface area contributed by atoms with Gasteiger partial charge in [0.25, 0.3) is 0 Å². The molecule has 0 aliphatic heterocycles. The maximum absolute atomic E-state index is 5.54. The third-order valence-electron chi connectivity index (χ3n) is 2.65. The van der Waals surface area contributed by atoms with E-state index in [0.717, 1.165) is 13.0 Å². The number of aromatic nitrogens is 2. The summed E-state index contributed by atoms with van der Waals surface area (Å²) in [5.74, 6) is 0.622. The predicted molar refractivity (Wildman–Crippen MR) is 64.4 cm³/mol. The van der Waals surface area contributed by atoms with Crippen LogP contribution in [0.4, 0.5) is 6.01 Å². The van der Waals surface area contributed by atoms with Crippen LogP contribution in [0.15, 0.2) is 4.42 Å². The molecule has 1 heterocycles. The van der Waals surface area contributed by atoms with Crippen LogP contribution >= 0.6 is 0 Å². The number of anilines is 1. The van der Waals surface area contributed by atoms with Crippen LogP contribution in [0.5, 0.6) is 0 Å². The van der Waals surface area contributed by atoms with Gasteiger partial charge >= 0.3 is 6.01 Å². The van der Waals surface area contributed by atoms with Crippen molar-refractivity contribution in [2.24, 2.45) is 0 Å². The lowest BCUT2D eigenvalue weighted by molar-refractivity contribution is 0.418. The van der Waals surface area contributed by atoms with Gasteiger partial charge in [-0.25, -0.2) is 0 Å². The Morgan fingerprint density at radius 1 is 1.31 bits per heavy atom. The summed E-state index contributed by atoms with van der Waals surface area (Å²) in [5.41, 5.74) is -0.0226. The van der Waals surface area contributed by atoms with E-state index < -0.39 is 0 Å². The molecule has 5 heteroatoms. The average Bonchev–Trinajstić information content (AvgIpc) is 2.66. The van der Waals surface area contributed by atoms with Crippen molar-refractivity contribution >= 4 is 6.01 Å². The first-order chi connectivity index (χ1) is 7.48. The Kier molecular flexibility index (Phi) is 4.29. The van der Waals surface area contributed by atoms with E-state index in [2.05, 4.69) is 41.6 Å². The second-order valence-electron chi connectivity index (χ2n) is 4.59. The Balaban J connectivity index is 2.64. The predicted octanol–water partition coefficient (Wildman–Crippen LogP) is 2.34. The minimum Gasteiger partial charge on any atom is -0.406 e. The van der Waals surface area contributed by atoms with Crippen molar-refractivity contribution in [2.45, 2.75) is 52.6 Å². The van der Waals surface area contributed by atoms with E-state index in [-0.39, 0.29) is 11.6 Å². The monoisotopic (exact) mass is 226 g/mol. The average molecular weight is 226 g/mol. The summed E-state index contributed by atoms with van der Waals surface area (Å²) in [4.78, 5) is 0. The number of nitrogens with one attached hydrogen (secondary N) is 2. The third kappa shape index (κ3) is 3.48. The van der Waals surface area contributed by atoms with Gasteiger partial charge in [-0.1, -0.05) is 18.9 Å². The Bertz CT molecular complexity index is 322. The number of nitrogens with zero attached hydrogens (tertiary/aromatic N) is 2. The second kappa shape index (κ2) is 5.30. The Morgan fingerprint density at radius 2 is 2.00 bits per heavy atom. The van der Waals surface area contributed by atoms with Crippen molar-refractivity contribution in [1.29, 1.82) is 0 Å². The van der Waals surface area contributed by atoms with E-state index in [0.29, 0.717) is 11.9 Å². The highest BCUT2D eigenvalue weighted by Gasteiger charge is 2.19. The summed E-state index contributed by atoms with van der Waals surface area (Å²) in [5, 5.41) is 14.4. The molecule has 0 radical (unpaired) electrons. The molecular weight excluding hydrogens is 204 g/mol. The van der Waals surface area contributed by atoms with Gasteiger partial charge in [0.05, 0.1) is 6.04 Å². The van der Waals surface area contributed by atoms with Crippen molar-refractivity contribution in [2.75, 3.05) is 11.9 Å². The molecular formula is C11H22N4O. The summed E-state index contributed by atoms with van der Waals surface area (Å²) in [7, 11) is 0. The van der Waals surface area contributed by atoms with Crippen molar-refractivity contribution in [3.8, 4) is 0 Å². The van der Waals surface area contributed by atoms with Gasteiger partial charge in [0.1, 0.15) is 0 Å². The van der Waals surface area contributed by atoms with Crippen LogP contribution in [0.1, 0.15) is 53.0 Å². The zero-order valence-corrected chi connectivity index (χ0v) is 10.8. The maximum atomic E-state index is 5.54. The zero-order chi connectivity index (χ0) is 12.2. The molecule has 1 aromatic rings. The summed E-state index contributed by atoms with van der Waals surface area (Å²) < 4.78 is 5.54. The topological polar surface area (TPSA) is 63.0 Å². The van der Waals surface area contributed by atoms with Crippen molar-refractivity contribution in [1.82, 2.24) is 15.5 Å². The molecule has 0 fully saturated rings. The molecule has 1 aromatic heterocycles. The number of hydrogen-bond acceptors (Lipinski definition) is 5. The molecule has 0 saturated carbocycles. The Hall–Kier alpha value is -1.10. The molecule has 0 saturated heterocycles. The van der Waals surface area contributed by atoms with Gasteiger partial charge in [0.15, 0.2) is 0 Å². The second-order valence-corrected chi connectivity index (χ2v) is 4.59. The quantitative estimate of drug-likeness (QED) is 0.779. The highest BCUT2D eigenvalue weighted by Crippen LogP contribution is 2.18. The lowest BCUT2D eigenvalue weighted by atomic mass is 10.0. The summed E-state index contributed by atoms with van der Waals surface area (Å²) >= 11 is 0. The maximum Gasteiger partial charge on any atom is 0.315 e. The molecule has 1 unspecified atom stereocenters. The van der Waals surface area contributed by atoms with Crippen molar-refractivity contribution in [3.05, 3.63) is 5.89 Å².